The summed E-state index contributed by atoms with van der Waals surface area (Å²) in [6, 6.07) is -0.273. The molecule has 4 rings (SSSR count). The summed E-state index contributed by atoms with van der Waals surface area (Å²) in [5, 5.41) is 10.1. The zero-order valence-electron chi connectivity index (χ0n) is 19.0. The van der Waals surface area contributed by atoms with Gasteiger partial charge in [0, 0.05) is 20.0 Å². The Bertz CT molecular complexity index is 787. The number of ether oxygens (including phenoxy) is 4. The predicted octanol–water partition coefficient (Wildman–Crippen LogP) is 2.65. The molecule has 1 amide bonds. The monoisotopic (exact) mass is 451 g/mol. The van der Waals surface area contributed by atoms with E-state index in [2.05, 4.69) is 0 Å². The molecule has 0 aromatic heterocycles. The molecule has 2 heterocycles. The van der Waals surface area contributed by atoms with Crippen LogP contribution in [-0.2, 0) is 28.5 Å². The summed E-state index contributed by atoms with van der Waals surface area (Å²) in [5.41, 5.74) is 0.923. The molecule has 1 saturated heterocycles. The van der Waals surface area contributed by atoms with Crippen molar-refractivity contribution in [3.63, 3.8) is 0 Å². The Hall–Kier alpha value is -2.13. The van der Waals surface area contributed by atoms with E-state index in [-0.39, 0.29) is 35.8 Å². The molecule has 5 unspecified atom stereocenters. The number of rotatable bonds is 6. The zero-order chi connectivity index (χ0) is 23.0. The highest BCUT2D eigenvalue weighted by Gasteiger charge is 2.62. The molecular weight excluding hydrogens is 418 g/mol. The standard InChI is InChI=1S/C23H33NO8/c1-12(25)17-19-15-10-7-11-16(29-3)18(15)20(24(19)21(17)26)22(27)30-13(2)31-23(28)32-14-8-5-4-6-9-14/h12-17,19,25H,4-11H2,1-3H3/t12-,13?,15?,16?,17?,19?/m1/s1. The highest BCUT2D eigenvalue weighted by Crippen LogP contribution is 2.52. The lowest BCUT2D eigenvalue weighted by atomic mass is 9.72. The van der Waals surface area contributed by atoms with Crippen LogP contribution in [0.2, 0.25) is 0 Å². The fraction of sp³-hybridized carbons (Fsp3) is 0.783. The Balaban J connectivity index is 1.46. The molecule has 3 fully saturated rings. The van der Waals surface area contributed by atoms with Gasteiger partial charge >= 0.3 is 12.1 Å². The van der Waals surface area contributed by atoms with E-state index in [0.717, 1.165) is 56.9 Å². The summed E-state index contributed by atoms with van der Waals surface area (Å²) in [6.07, 6.45) is 3.94. The molecule has 0 aromatic carbocycles. The molecule has 0 spiro atoms. The molecule has 2 aliphatic carbocycles. The minimum absolute atomic E-state index is 0.0546. The Morgan fingerprint density at radius 2 is 1.75 bits per heavy atom. The maximum Gasteiger partial charge on any atom is 0.511 e. The van der Waals surface area contributed by atoms with Gasteiger partial charge < -0.3 is 29.0 Å². The van der Waals surface area contributed by atoms with Crippen LogP contribution in [0.25, 0.3) is 0 Å². The summed E-state index contributed by atoms with van der Waals surface area (Å²) in [4.78, 5) is 39.5. The summed E-state index contributed by atoms with van der Waals surface area (Å²) in [7, 11) is 1.58. The fourth-order valence-electron chi connectivity index (χ4n) is 5.78. The first kappa shape index (κ1) is 23.0. The maximum atomic E-state index is 13.1. The number of esters is 1. The van der Waals surface area contributed by atoms with Crippen LogP contribution in [-0.4, -0.2) is 65.8 Å². The molecule has 9 heteroatoms. The molecule has 0 bridgehead atoms. The average molecular weight is 452 g/mol. The van der Waals surface area contributed by atoms with Gasteiger partial charge in [-0.15, -0.1) is 0 Å². The third kappa shape index (κ3) is 4.12. The molecule has 2 saturated carbocycles. The number of hydrogen-bond donors (Lipinski definition) is 1. The molecule has 178 valence electrons. The normalized spacial score (nSPS) is 31.9. The van der Waals surface area contributed by atoms with Crippen molar-refractivity contribution >= 4 is 18.0 Å². The topological polar surface area (TPSA) is 112 Å². The van der Waals surface area contributed by atoms with Gasteiger partial charge in [-0.05, 0) is 57.4 Å². The Labute approximate surface area is 188 Å². The summed E-state index contributed by atoms with van der Waals surface area (Å²) in [5.74, 6) is -1.62. The van der Waals surface area contributed by atoms with Crippen LogP contribution < -0.4 is 0 Å². The Kier molecular flexibility index (Phi) is 6.76. The lowest BCUT2D eigenvalue weighted by Crippen LogP contribution is -2.64. The van der Waals surface area contributed by atoms with E-state index in [1.165, 1.54) is 11.8 Å². The van der Waals surface area contributed by atoms with Gasteiger partial charge in [0.15, 0.2) is 0 Å². The predicted molar refractivity (Wildman–Crippen MR) is 111 cm³/mol. The van der Waals surface area contributed by atoms with Crippen molar-refractivity contribution in [3.8, 4) is 0 Å². The van der Waals surface area contributed by atoms with Crippen molar-refractivity contribution < 1.29 is 38.4 Å². The molecule has 32 heavy (non-hydrogen) atoms. The minimum Gasteiger partial charge on any atom is -0.431 e. The lowest BCUT2D eigenvalue weighted by molar-refractivity contribution is -0.174. The van der Waals surface area contributed by atoms with Crippen molar-refractivity contribution in [2.45, 2.75) is 95.9 Å². The van der Waals surface area contributed by atoms with E-state index in [9.17, 15) is 19.5 Å². The fourth-order valence-corrected chi connectivity index (χ4v) is 5.78. The highest BCUT2D eigenvalue weighted by molar-refractivity contribution is 6.01. The van der Waals surface area contributed by atoms with Crippen molar-refractivity contribution in [1.82, 2.24) is 4.90 Å². The SMILES string of the molecule is COC1CCCC2C1=C(C(=O)OC(C)OC(=O)OC1CCCCC1)N1C(=O)C([C@@H](C)O)C21. The average Bonchev–Trinajstić information content (AvgIpc) is 3.04. The molecule has 0 aromatic rings. The van der Waals surface area contributed by atoms with Crippen LogP contribution in [0.4, 0.5) is 4.79 Å². The van der Waals surface area contributed by atoms with Crippen LogP contribution in [0.3, 0.4) is 0 Å². The van der Waals surface area contributed by atoms with E-state index in [1.807, 2.05) is 0 Å². The van der Waals surface area contributed by atoms with Crippen molar-refractivity contribution in [3.05, 3.63) is 11.3 Å². The first-order chi connectivity index (χ1) is 15.3. The maximum absolute atomic E-state index is 13.1. The number of β-lactam (4-membered cyclic amide) rings is 1. The Morgan fingerprint density at radius 1 is 1.03 bits per heavy atom. The van der Waals surface area contributed by atoms with Crippen molar-refractivity contribution in [2.75, 3.05) is 7.11 Å². The van der Waals surface area contributed by atoms with Gasteiger partial charge in [0.25, 0.3) is 0 Å². The van der Waals surface area contributed by atoms with Crippen molar-refractivity contribution in [1.29, 1.82) is 0 Å². The van der Waals surface area contributed by atoms with E-state index >= 15 is 0 Å². The quantitative estimate of drug-likeness (QED) is 0.373. The highest BCUT2D eigenvalue weighted by atomic mass is 16.8. The second-order valence-electron chi connectivity index (χ2n) is 9.25. The number of aliphatic hydroxyl groups excluding tert-OH is 1. The molecule has 4 aliphatic rings. The van der Waals surface area contributed by atoms with E-state index < -0.39 is 30.4 Å². The van der Waals surface area contributed by atoms with Crippen LogP contribution in [0.15, 0.2) is 11.3 Å². The van der Waals surface area contributed by atoms with Gasteiger partial charge in [0.2, 0.25) is 12.2 Å². The number of methoxy groups -OCH3 is 1. The largest absolute Gasteiger partial charge is 0.511 e. The van der Waals surface area contributed by atoms with Crippen LogP contribution in [0.1, 0.15) is 65.2 Å². The van der Waals surface area contributed by atoms with Crippen molar-refractivity contribution in [2.24, 2.45) is 11.8 Å². The zero-order valence-corrected chi connectivity index (χ0v) is 19.0. The minimum atomic E-state index is -1.17. The number of nitrogens with zero attached hydrogens (tertiary/aromatic N) is 1. The van der Waals surface area contributed by atoms with Gasteiger partial charge in [-0.25, -0.2) is 9.59 Å². The Morgan fingerprint density at radius 3 is 2.41 bits per heavy atom. The van der Waals surface area contributed by atoms with E-state index in [4.69, 9.17) is 18.9 Å². The van der Waals surface area contributed by atoms with Gasteiger partial charge in [0.1, 0.15) is 11.8 Å². The lowest BCUT2D eigenvalue weighted by Gasteiger charge is -2.47. The second kappa shape index (κ2) is 9.39. The molecule has 2 aliphatic heterocycles. The molecule has 0 radical (unpaired) electrons. The molecule has 9 nitrogen and oxygen atoms in total. The molecular formula is C23H33NO8. The van der Waals surface area contributed by atoms with E-state index in [0.29, 0.717) is 0 Å². The first-order valence-electron chi connectivity index (χ1n) is 11.7. The summed E-state index contributed by atoms with van der Waals surface area (Å²) < 4.78 is 21.5. The summed E-state index contributed by atoms with van der Waals surface area (Å²) >= 11 is 0. The van der Waals surface area contributed by atoms with Crippen LogP contribution in [0.5, 0.6) is 0 Å². The van der Waals surface area contributed by atoms with Gasteiger partial charge in [-0.1, -0.05) is 6.42 Å². The third-order valence-corrected chi connectivity index (χ3v) is 7.19. The summed E-state index contributed by atoms with van der Waals surface area (Å²) in [6.45, 7) is 3.04. The van der Waals surface area contributed by atoms with Gasteiger partial charge in [-0.3, -0.25) is 4.79 Å². The number of fused-ring (bicyclic) bond motifs is 3. The van der Waals surface area contributed by atoms with Gasteiger partial charge in [0.05, 0.1) is 24.2 Å². The molecule has 6 atom stereocenters. The van der Waals surface area contributed by atoms with Gasteiger partial charge in [-0.2, -0.15) is 0 Å². The number of carbonyl (C=O) groups is 3. The van der Waals surface area contributed by atoms with Crippen LogP contribution >= 0.6 is 0 Å². The number of aliphatic hydroxyl groups is 1. The smallest absolute Gasteiger partial charge is 0.431 e. The number of carbonyl (C=O) groups excluding carboxylic acids is 3. The van der Waals surface area contributed by atoms with E-state index in [1.54, 1.807) is 14.0 Å². The molecule has 1 N–H and O–H groups in total. The first-order valence-corrected chi connectivity index (χ1v) is 11.7. The second-order valence-corrected chi connectivity index (χ2v) is 9.25. The number of hydrogen-bond acceptors (Lipinski definition) is 8. The third-order valence-electron chi connectivity index (χ3n) is 7.19. The number of amides is 1. The van der Waals surface area contributed by atoms with Crippen LogP contribution in [0, 0.1) is 11.8 Å².